The van der Waals surface area contributed by atoms with Crippen LogP contribution in [0.3, 0.4) is 0 Å². The second-order valence-corrected chi connectivity index (χ2v) is 4.45. The van der Waals surface area contributed by atoms with Gasteiger partial charge in [0.25, 0.3) is 0 Å². The van der Waals surface area contributed by atoms with Crippen LogP contribution < -0.4 is 0 Å². The van der Waals surface area contributed by atoms with E-state index < -0.39 is 0 Å². The van der Waals surface area contributed by atoms with Gasteiger partial charge in [0.15, 0.2) is 0 Å². The zero-order valence-electron chi connectivity index (χ0n) is 8.67. The summed E-state index contributed by atoms with van der Waals surface area (Å²) in [6, 6.07) is 8.54. The van der Waals surface area contributed by atoms with Gasteiger partial charge in [0.1, 0.15) is 0 Å². The first-order valence-electron chi connectivity index (χ1n) is 5.16. The first-order valence-corrected chi connectivity index (χ1v) is 5.95. The smallest absolute Gasteiger partial charge is 0.0175 e. The molecule has 0 aliphatic carbocycles. The number of unbranched alkanes of at least 4 members (excludes halogenated alkanes) is 1. The second-order valence-electron chi connectivity index (χ2n) is 3.54. The molecule has 0 saturated heterocycles. The van der Waals surface area contributed by atoms with Crippen molar-refractivity contribution in [1.82, 2.24) is 0 Å². The molecule has 14 heavy (non-hydrogen) atoms. The molecule has 0 nitrogen and oxygen atoms in total. The van der Waals surface area contributed by atoms with Crippen molar-refractivity contribution < 1.29 is 0 Å². The standard InChI is InChI=1S/C13H17Br/c1-3-5-6-11(4-2)12-7-9-13(14)10-8-12/h4,7-11H,2-3,5-6H2,1H3. The van der Waals surface area contributed by atoms with E-state index in [1.807, 2.05) is 0 Å². The summed E-state index contributed by atoms with van der Waals surface area (Å²) in [5.41, 5.74) is 1.37. The number of halogens is 1. The Kier molecular flexibility index (Phi) is 4.95. The summed E-state index contributed by atoms with van der Waals surface area (Å²) in [6.07, 6.45) is 5.79. The van der Waals surface area contributed by atoms with E-state index in [1.165, 1.54) is 24.8 Å². The molecule has 1 unspecified atom stereocenters. The molecule has 0 N–H and O–H groups in total. The van der Waals surface area contributed by atoms with Gasteiger partial charge in [-0.05, 0) is 24.1 Å². The Morgan fingerprint density at radius 2 is 2.00 bits per heavy atom. The predicted octanol–water partition coefficient (Wildman–Crippen LogP) is 4.91. The van der Waals surface area contributed by atoms with Crippen LogP contribution in [-0.4, -0.2) is 0 Å². The molecule has 1 aromatic carbocycles. The van der Waals surface area contributed by atoms with Crippen molar-refractivity contribution in [1.29, 1.82) is 0 Å². The Bertz CT molecular complexity index is 274. The minimum absolute atomic E-state index is 0.517. The zero-order chi connectivity index (χ0) is 10.4. The molecule has 1 rings (SSSR count). The van der Waals surface area contributed by atoms with Crippen LogP contribution in [-0.2, 0) is 0 Å². The van der Waals surface area contributed by atoms with Crippen LogP contribution in [0.2, 0.25) is 0 Å². The van der Waals surface area contributed by atoms with Crippen LogP contribution in [0.5, 0.6) is 0 Å². The van der Waals surface area contributed by atoms with Gasteiger partial charge in [0, 0.05) is 10.4 Å². The third kappa shape index (κ3) is 3.30. The lowest BCUT2D eigenvalue weighted by Crippen LogP contribution is -1.94. The molecule has 0 amide bonds. The highest BCUT2D eigenvalue weighted by atomic mass is 79.9. The number of benzene rings is 1. The van der Waals surface area contributed by atoms with Crippen molar-refractivity contribution in [3.63, 3.8) is 0 Å². The molecule has 0 spiro atoms. The Morgan fingerprint density at radius 3 is 2.50 bits per heavy atom. The number of hydrogen-bond acceptors (Lipinski definition) is 0. The van der Waals surface area contributed by atoms with Gasteiger partial charge in [-0.25, -0.2) is 0 Å². The van der Waals surface area contributed by atoms with E-state index in [2.05, 4.69) is 59.8 Å². The highest BCUT2D eigenvalue weighted by Gasteiger charge is 2.05. The van der Waals surface area contributed by atoms with Crippen LogP contribution in [0.25, 0.3) is 0 Å². The van der Waals surface area contributed by atoms with Crippen LogP contribution in [0.4, 0.5) is 0 Å². The fourth-order valence-electron chi connectivity index (χ4n) is 1.55. The SMILES string of the molecule is C=CC(CCCC)c1ccc(Br)cc1. The molecule has 76 valence electrons. The van der Waals surface area contributed by atoms with Crippen LogP contribution in [0.15, 0.2) is 41.4 Å². The Morgan fingerprint density at radius 1 is 1.36 bits per heavy atom. The van der Waals surface area contributed by atoms with Crippen molar-refractivity contribution in [2.45, 2.75) is 32.1 Å². The van der Waals surface area contributed by atoms with Gasteiger partial charge in [-0.1, -0.05) is 53.9 Å². The summed E-state index contributed by atoms with van der Waals surface area (Å²) in [7, 11) is 0. The molecule has 0 aliphatic rings. The maximum atomic E-state index is 3.90. The van der Waals surface area contributed by atoms with E-state index in [1.54, 1.807) is 0 Å². The van der Waals surface area contributed by atoms with Gasteiger partial charge < -0.3 is 0 Å². The molecule has 1 heteroatoms. The molecule has 0 fully saturated rings. The van der Waals surface area contributed by atoms with Crippen molar-refractivity contribution in [3.8, 4) is 0 Å². The van der Waals surface area contributed by atoms with E-state index in [0.29, 0.717) is 5.92 Å². The van der Waals surface area contributed by atoms with Crippen molar-refractivity contribution in [3.05, 3.63) is 47.0 Å². The van der Waals surface area contributed by atoms with Crippen LogP contribution >= 0.6 is 15.9 Å². The van der Waals surface area contributed by atoms with Crippen LogP contribution in [0, 0.1) is 0 Å². The summed E-state index contributed by atoms with van der Waals surface area (Å²) in [5, 5.41) is 0. The quantitative estimate of drug-likeness (QED) is 0.654. The maximum absolute atomic E-state index is 3.90. The van der Waals surface area contributed by atoms with Gasteiger partial charge in [0.2, 0.25) is 0 Å². The Labute approximate surface area is 95.2 Å². The molecule has 0 heterocycles. The van der Waals surface area contributed by atoms with Gasteiger partial charge in [0.05, 0.1) is 0 Å². The lowest BCUT2D eigenvalue weighted by Gasteiger charge is -2.12. The Hall–Kier alpha value is -0.560. The van der Waals surface area contributed by atoms with E-state index in [0.717, 1.165) is 4.47 Å². The number of rotatable bonds is 5. The lowest BCUT2D eigenvalue weighted by molar-refractivity contribution is 0.664. The minimum Gasteiger partial charge on any atom is -0.102 e. The first-order chi connectivity index (χ1) is 6.77. The lowest BCUT2D eigenvalue weighted by atomic mass is 9.94. The van der Waals surface area contributed by atoms with E-state index in [-0.39, 0.29) is 0 Å². The summed E-state index contributed by atoms with van der Waals surface area (Å²) >= 11 is 3.44. The monoisotopic (exact) mass is 252 g/mol. The highest BCUT2D eigenvalue weighted by molar-refractivity contribution is 9.10. The normalized spacial score (nSPS) is 12.4. The van der Waals surface area contributed by atoms with E-state index >= 15 is 0 Å². The molecular weight excluding hydrogens is 236 g/mol. The average molecular weight is 253 g/mol. The topological polar surface area (TPSA) is 0 Å². The van der Waals surface area contributed by atoms with Gasteiger partial charge in [-0.3, -0.25) is 0 Å². The third-order valence-electron chi connectivity index (χ3n) is 2.45. The average Bonchev–Trinajstić information content (AvgIpc) is 2.21. The molecule has 1 aromatic rings. The van der Waals surface area contributed by atoms with E-state index in [4.69, 9.17) is 0 Å². The zero-order valence-corrected chi connectivity index (χ0v) is 10.3. The van der Waals surface area contributed by atoms with Gasteiger partial charge in [-0.15, -0.1) is 6.58 Å². The molecule has 0 aromatic heterocycles. The number of allylic oxidation sites excluding steroid dienone is 1. The van der Waals surface area contributed by atoms with E-state index in [9.17, 15) is 0 Å². The number of hydrogen-bond donors (Lipinski definition) is 0. The fraction of sp³-hybridized carbons (Fsp3) is 0.385. The molecule has 0 radical (unpaired) electrons. The third-order valence-corrected chi connectivity index (χ3v) is 2.98. The molecule has 0 saturated carbocycles. The van der Waals surface area contributed by atoms with Crippen LogP contribution in [0.1, 0.15) is 37.7 Å². The largest absolute Gasteiger partial charge is 0.102 e. The van der Waals surface area contributed by atoms with Crippen molar-refractivity contribution in [2.24, 2.45) is 0 Å². The molecule has 0 aliphatic heterocycles. The minimum atomic E-state index is 0.517. The fourth-order valence-corrected chi connectivity index (χ4v) is 1.82. The maximum Gasteiger partial charge on any atom is 0.0175 e. The predicted molar refractivity (Wildman–Crippen MR) is 66.6 cm³/mol. The molecule has 0 bridgehead atoms. The second kappa shape index (κ2) is 6.02. The summed E-state index contributed by atoms with van der Waals surface area (Å²) in [5.74, 6) is 0.517. The van der Waals surface area contributed by atoms with Crippen molar-refractivity contribution in [2.75, 3.05) is 0 Å². The Balaban J connectivity index is 2.68. The molecule has 1 atom stereocenters. The van der Waals surface area contributed by atoms with Gasteiger partial charge in [-0.2, -0.15) is 0 Å². The highest BCUT2D eigenvalue weighted by Crippen LogP contribution is 2.24. The summed E-state index contributed by atoms with van der Waals surface area (Å²) in [4.78, 5) is 0. The van der Waals surface area contributed by atoms with Gasteiger partial charge >= 0.3 is 0 Å². The van der Waals surface area contributed by atoms with Crippen molar-refractivity contribution >= 4 is 15.9 Å². The molecular formula is C13H17Br. The summed E-state index contributed by atoms with van der Waals surface area (Å²) < 4.78 is 1.14. The summed E-state index contributed by atoms with van der Waals surface area (Å²) in [6.45, 7) is 6.12. The first kappa shape index (κ1) is 11.5.